The van der Waals surface area contributed by atoms with Crippen LogP contribution in [0.2, 0.25) is 0 Å². The van der Waals surface area contributed by atoms with Crippen LogP contribution >= 0.6 is 0 Å². The van der Waals surface area contributed by atoms with Crippen molar-refractivity contribution < 1.29 is 24.9 Å². The number of rotatable bonds is 3. The molecule has 15 heavy (non-hydrogen) atoms. The van der Waals surface area contributed by atoms with Crippen molar-refractivity contribution in [1.29, 1.82) is 0 Å². The number of carboxylic acids is 2. The lowest BCUT2D eigenvalue weighted by Gasteiger charge is -2.00. The summed E-state index contributed by atoms with van der Waals surface area (Å²) in [6.45, 7) is 0. The molecule has 0 heterocycles. The van der Waals surface area contributed by atoms with Crippen LogP contribution in [0.15, 0.2) is 24.3 Å². The Morgan fingerprint density at radius 2 is 1.87 bits per heavy atom. The van der Waals surface area contributed by atoms with Crippen LogP contribution in [0.4, 0.5) is 0 Å². The number of hydrogen-bond acceptors (Lipinski definition) is 3. The lowest BCUT2D eigenvalue weighted by atomic mass is 10.1. The van der Waals surface area contributed by atoms with Crippen molar-refractivity contribution in [3.8, 4) is 5.75 Å². The molecule has 0 amide bonds. The molecule has 0 radical (unpaired) electrons. The van der Waals surface area contributed by atoms with Crippen LogP contribution in [0, 0.1) is 0 Å². The Hall–Kier alpha value is -2.30. The van der Waals surface area contributed by atoms with Crippen LogP contribution in [-0.4, -0.2) is 27.3 Å². The van der Waals surface area contributed by atoms with Gasteiger partial charge in [-0.2, -0.15) is 0 Å². The van der Waals surface area contributed by atoms with Crippen LogP contribution in [0.1, 0.15) is 15.9 Å². The molecule has 1 aromatic rings. The first kappa shape index (κ1) is 10.8. The molecule has 5 nitrogen and oxygen atoms in total. The van der Waals surface area contributed by atoms with E-state index in [0.29, 0.717) is 0 Å². The maximum atomic E-state index is 10.5. The van der Waals surface area contributed by atoms with Gasteiger partial charge in [-0.25, -0.2) is 9.59 Å². The molecule has 0 aliphatic carbocycles. The molecule has 0 aliphatic rings. The molecule has 1 aromatic carbocycles. The van der Waals surface area contributed by atoms with Gasteiger partial charge in [0.2, 0.25) is 0 Å². The third-order valence-corrected chi connectivity index (χ3v) is 1.68. The Labute approximate surface area is 84.9 Å². The summed E-state index contributed by atoms with van der Waals surface area (Å²) in [7, 11) is 0. The number of phenolic OH excluding ortho intramolecular Hbond substituents is 1. The lowest BCUT2D eigenvalue weighted by molar-refractivity contribution is -0.131. The molecule has 5 heteroatoms. The van der Waals surface area contributed by atoms with Gasteiger partial charge in [0.1, 0.15) is 5.75 Å². The molecule has 0 spiro atoms. The number of carboxylic acid groups (broad SMARTS) is 2. The van der Waals surface area contributed by atoms with Gasteiger partial charge in [-0.05, 0) is 18.2 Å². The first-order valence-electron chi connectivity index (χ1n) is 3.98. The van der Waals surface area contributed by atoms with E-state index in [9.17, 15) is 14.7 Å². The second-order valence-corrected chi connectivity index (χ2v) is 2.75. The number of aromatic hydroxyl groups is 1. The molecular weight excluding hydrogens is 200 g/mol. The van der Waals surface area contributed by atoms with E-state index in [4.69, 9.17) is 10.2 Å². The third-order valence-electron chi connectivity index (χ3n) is 1.68. The van der Waals surface area contributed by atoms with Crippen LogP contribution in [0.3, 0.4) is 0 Å². The van der Waals surface area contributed by atoms with Gasteiger partial charge in [-0.1, -0.05) is 6.07 Å². The molecule has 0 unspecified atom stereocenters. The van der Waals surface area contributed by atoms with E-state index in [0.717, 1.165) is 12.1 Å². The highest BCUT2D eigenvalue weighted by atomic mass is 16.4. The first-order valence-corrected chi connectivity index (χ1v) is 3.98. The molecule has 0 bridgehead atoms. The zero-order chi connectivity index (χ0) is 11.4. The maximum absolute atomic E-state index is 10.5. The molecule has 0 atom stereocenters. The average Bonchev–Trinajstić information content (AvgIpc) is 2.15. The smallest absolute Gasteiger partial charge is 0.335 e. The molecular formula is C10H8O5. The fourth-order valence-electron chi connectivity index (χ4n) is 0.979. The fourth-order valence-corrected chi connectivity index (χ4v) is 0.979. The van der Waals surface area contributed by atoms with Gasteiger partial charge >= 0.3 is 11.9 Å². The summed E-state index contributed by atoms with van der Waals surface area (Å²) >= 11 is 0. The van der Waals surface area contributed by atoms with Crippen LogP contribution in [0.25, 0.3) is 6.08 Å². The number of hydrogen-bond donors (Lipinski definition) is 3. The van der Waals surface area contributed by atoms with Crippen molar-refractivity contribution in [3.63, 3.8) is 0 Å². The minimum absolute atomic E-state index is 0.0556. The predicted octanol–water partition coefficient (Wildman–Crippen LogP) is 1.19. The molecule has 1 rings (SSSR count). The number of benzene rings is 1. The third kappa shape index (κ3) is 2.84. The SMILES string of the molecule is O=C(O)C=Cc1ccc(C(=O)O)cc1O. The fraction of sp³-hybridized carbons (Fsp3) is 0. The van der Waals surface area contributed by atoms with Gasteiger partial charge in [0.05, 0.1) is 5.56 Å². The van der Waals surface area contributed by atoms with Crippen LogP contribution < -0.4 is 0 Å². The van der Waals surface area contributed by atoms with Gasteiger partial charge in [0.15, 0.2) is 0 Å². The normalized spacial score (nSPS) is 10.4. The standard InChI is InChI=1S/C10H8O5/c11-8-5-7(10(14)15)2-1-6(8)3-4-9(12)13/h1-5,11H,(H,12,13)(H,14,15). The summed E-state index contributed by atoms with van der Waals surface area (Å²) in [6.07, 6.45) is 2.04. The molecule has 0 aromatic heterocycles. The van der Waals surface area contributed by atoms with E-state index in [1.165, 1.54) is 18.2 Å². The highest BCUT2D eigenvalue weighted by Crippen LogP contribution is 2.20. The Kier molecular flexibility index (Phi) is 3.07. The van der Waals surface area contributed by atoms with Crippen LogP contribution in [-0.2, 0) is 4.79 Å². The molecule has 0 saturated heterocycles. The Morgan fingerprint density at radius 1 is 1.20 bits per heavy atom. The Bertz CT molecular complexity index is 433. The summed E-state index contributed by atoms with van der Waals surface area (Å²) in [5.74, 6) is -2.57. The summed E-state index contributed by atoms with van der Waals surface area (Å²) in [4.78, 5) is 20.7. The summed E-state index contributed by atoms with van der Waals surface area (Å²) in [6, 6.07) is 3.67. The maximum Gasteiger partial charge on any atom is 0.335 e. The summed E-state index contributed by atoms with van der Waals surface area (Å²) in [5, 5.41) is 26.3. The van der Waals surface area contributed by atoms with E-state index in [1.807, 2.05) is 0 Å². The molecule has 0 saturated carbocycles. The first-order chi connectivity index (χ1) is 7.00. The minimum atomic E-state index is -1.15. The highest BCUT2D eigenvalue weighted by molar-refractivity contribution is 5.89. The van der Waals surface area contributed by atoms with Gasteiger partial charge in [0.25, 0.3) is 0 Å². The minimum Gasteiger partial charge on any atom is -0.507 e. The molecule has 0 fully saturated rings. The van der Waals surface area contributed by atoms with Crippen molar-refractivity contribution in [1.82, 2.24) is 0 Å². The number of phenols is 1. The van der Waals surface area contributed by atoms with Gasteiger partial charge in [0, 0.05) is 11.6 Å². The topological polar surface area (TPSA) is 94.8 Å². The predicted molar refractivity (Wildman–Crippen MR) is 51.7 cm³/mol. The molecule has 3 N–H and O–H groups in total. The van der Waals surface area contributed by atoms with Gasteiger partial charge in [-0.3, -0.25) is 0 Å². The second-order valence-electron chi connectivity index (χ2n) is 2.75. The van der Waals surface area contributed by atoms with Crippen molar-refractivity contribution >= 4 is 18.0 Å². The largest absolute Gasteiger partial charge is 0.507 e. The summed E-state index contributed by atoms with van der Waals surface area (Å²) in [5.41, 5.74) is 0.197. The summed E-state index contributed by atoms with van der Waals surface area (Å²) < 4.78 is 0. The number of aliphatic carboxylic acids is 1. The van der Waals surface area contributed by atoms with E-state index in [1.54, 1.807) is 0 Å². The molecule has 78 valence electrons. The monoisotopic (exact) mass is 208 g/mol. The lowest BCUT2D eigenvalue weighted by Crippen LogP contribution is -1.95. The zero-order valence-corrected chi connectivity index (χ0v) is 7.54. The zero-order valence-electron chi connectivity index (χ0n) is 7.54. The van der Waals surface area contributed by atoms with E-state index in [-0.39, 0.29) is 16.9 Å². The van der Waals surface area contributed by atoms with E-state index >= 15 is 0 Å². The number of aromatic carboxylic acids is 1. The quantitative estimate of drug-likeness (QED) is 0.648. The molecule has 0 aliphatic heterocycles. The highest BCUT2D eigenvalue weighted by Gasteiger charge is 2.05. The van der Waals surface area contributed by atoms with E-state index in [2.05, 4.69) is 0 Å². The number of carbonyl (C=O) groups is 2. The van der Waals surface area contributed by atoms with Crippen molar-refractivity contribution in [2.75, 3.05) is 0 Å². The second kappa shape index (κ2) is 4.28. The average molecular weight is 208 g/mol. The Morgan fingerprint density at radius 3 is 2.33 bits per heavy atom. The van der Waals surface area contributed by atoms with Crippen LogP contribution in [0.5, 0.6) is 5.75 Å². The van der Waals surface area contributed by atoms with Crippen molar-refractivity contribution in [2.24, 2.45) is 0 Å². The van der Waals surface area contributed by atoms with Gasteiger partial charge < -0.3 is 15.3 Å². The van der Waals surface area contributed by atoms with Crippen molar-refractivity contribution in [3.05, 3.63) is 35.4 Å². The van der Waals surface area contributed by atoms with Crippen molar-refractivity contribution in [2.45, 2.75) is 0 Å². The van der Waals surface area contributed by atoms with Gasteiger partial charge in [-0.15, -0.1) is 0 Å². The Balaban J connectivity index is 3.03. The van der Waals surface area contributed by atoms with E-state index < -0.39 is 11.9 Å².